The molecule has 1 amide bonds. The lowest BCUT2D eigenvalue weighted by atomic mass is 10.2. The van der Waals surface area contributed by atoms with Gasteiger partial charge in [-0.15, -0.1) is 0 Å². The molecule has 1 atom stereocenters. The lowest BCUT2D eigenvalue weighted by Crippen LogP contribution is -2.30. The van der Waals surface area contributed by atoms with Crippen molar-refractivity contribution in [2.75, 3.05) is 5.32 Å². The first-order chi connectivity index (χ1) is 10.9. The van der Waals surface area contributed by atoms with Crippen LogP contribution in [0.15, 0.2) is 42.5 Å². The van der Waals surface area contributed by atoms with Gasteiger partial charge >= 0.3 is 5.69 Å². The van der Waals surface area contributed by atoms with Crippen molar-refractivity contribution in [1.82, 2.24) is 0 Å². The van der Waals surface area contributed by atoms with E-state index < -0.39 is 16.9 Å². The van der Waals surface area contributed by atoms with Gasteiger partial charge in [-0.1, -0.05) is 23.7 Å². The van der Waals surface area contributed by atoms with Gasteiger partial charge in [0.25, 0.3) is 5.91 Å². The Morgan fingerprint density at radius 3 is 2.70 bits per heavy atom. The molecule has 7 heteroatoms. The highest BCUT2D eigenvalue weighted by molar-refractivity contribution is 6.30. The van der Waals surface area contributed by atoms with Crippen LogP contribution in [0.2, 0.25) is 5.02 Å². The van der Waals surface area contributed by atoms with Crippen LogP contribution >= 0.6 is 11.6 Å². The average Bonchev–Trinajstić information content (AvgIpc) is 2.48. The van der Waals surface area contributed by atoms with Crippen molar-refractivity contribution in [3.8, 4) is 5.75 Å². The largest absolute Gasteiger partial charge is 0.474 e. The molecule has 23 heavy (non-hydrogen) atoms. The second-order valence-electron chi connectivity index (χ2n) is 4.99. The number of hydrogen-bond donors (Lipinski definition) is 1. The minimum absolute atomic E-state index is 0.00806. The van der Waals surface area contributed by atoms with Crippen LogP contribution in [0.25, 0.3) is 0 Å². The molecule has 0 saturated heterocycles. The van der Waals surface area contributed by atoms with E-state index in [4.69, 9.17) is 16.3 Å². The minimum Gasteiger partial charge on any atom is -0.474 e. The molecule has 0 aromatic heterocycles. The zero-order valence-electron chi connectivity index (χ0n) is 12.6. The summed E-state index contributed by atoms with van der Waals surface area (Å²) in [6, 6.07) is 11.3. The van der Waals surface area contributed by atoms with E-state index in [0.717, 1.165) is 5.56 Å². The Morgan fingerprint density at radius 1 is 1.30 bits per heavy atom. The van der Waals surface area contributed by atoms with Crippen molar-refractivity contribution < 1.29 is 14.5 Å². The second kappa shape index (κ2) is 7.11. The predicted molar refractivity (Wildman–Crippen MR) is 88.0 cm³/mol. The molecule has 0 bridgehead atoms. The van der Waals surface area contributed by atoms with Crippen LogP contribution in [-0.4, -0.2) is 16.9 Å². The van der Waals surface area contributed by atoms with Crippen molar-refractivity contribution in [1.29, 1.82) is 0 Å². The molecule has 120 valence electrons. The van der Waals surface area contributed by atoms with E-state index in [1.165, 1.54) is 25.1 Å². The van der Waals surface area contributed by atoms with E-state index in [9.17, 15) is 14.9 Å². The third kappa shape index (κ3) is 4.43. The normalized spacial score (nSPS) is 11.6. The van der Waals surface area contributed by atoms with Crippen molar-refractivity contribution in [2.45, 2.75) is 20.0 Å². The molecule has 0 heterocycles. The van der Waals surface area contributed by atoms with Gasteiger partial charge in [0, 0.05) is 16.8 Å². The number of amides is 1. The van der Waals surface area contributed by atoms with E-state index in [1.54, 1.807) is 6.07 Å². The smallest absolute Gasteiger partial charge is 0.312 e. The fraction of sp³-hybridized carbons (Fsp3) is 0.188. The first-order valence-corrected chi connectivity index (χ1v) is 7.23. The molecule has 0 aliphatic carbocycles. The van der Waals surface area contributed by atoms with Gasteiger partial charge < -0.3 is 10.1 Å². The Kier molecular flexibility index (Phi) is 5.18. The Hall–Kier alpha value is -2.60. The lowest BCUT2D eigenvalue weighted by molar-refractivity contribution is -0.386. The van der Waals surface area contributed by atoms with Crippen LogP contribution in [0.4, 0.5) is 11.4 Å². The monoisotopic (exact) mass is 334 g/mol. The third-order valence-corrected chi connectivity index (χ3v) is 3.31. The van der Waals surface area contributed by atoms with Crippen LogP contribution in [0, 0.1) is 17.0 Å². The summed E-state index contributed by atoms with van der Waals surface area (Å²) in [5, 5.41) is 13.9. The summed E-state index contributed by atoms with van der Waals surface area (Å²) in [7, 11) is 0. The molecule has 2 rings (SSSR count). The van der Waals surface area contributed by atoms with Crippen molar-refractivity contribution in [3.05, 3.63) is 63.2 Å². The van der Waals surface area contributed by atoms with E-state index in [1.807, 2.05) is 25.1 Å². The molecule has 0 radical (unpaired) electrons. The lowest BCUT2D eigenvalue weighted by Gasteiger charge is -2.15. The molecule has 2 aromatic rings. The number of nitro benzene ring substituents is 1. The van der Waals surface area contributed by atoms with E-state index in [0.29, 0.717) is 5.69 Å². The highest BCUT2D eigenvalue weighted by Gasteiger charge is 2.21. The fourth-order valence-electron chi connectivity index (χ4n) is 1.94. The Morgan fingerprint density at radius 2 is 2.04 bits per heavy atom. The summed E-state index contributed by atoms with van der Waals surface area (Å²) in [5.74, 6) is -0.411. The number of halogens is 1. The summed E-state index contributed by atoms with van der Waals surface area (Å²) in [4.78, 5) is 22.6. The van der Waals surface area contributed by atoms with Crippen LogP contribution in [0.5, 0.6) is 5.75 Å². The number of benzene rings is 2. The standard InChI is InChI=1S/C16H15ClN2O4/c1-10-4-3-5-13(8-10)18-16(20)11(2)23-15-7-6-12(17)9-14(15)19(21)22/h3-9,11H,1-2H3,(H,18,20)/t11-/m1/s1. The van der Waals surface area contributed by atoms with Gasteiger partial charge in [-0.05, 0) is 43.7 Å². The molecule has 0 fully saturated rings. The molecular formula is C16H15ClN2O4. The minimum atomic E-state index is -0.907. The van der Waals surface area contributed by atoms with E-state index in [-0.39, 0.29) is 16.5 Å². The van der Waals surface area contributed by atoms with Crippen LogP contribution < -0.4 is 10.1 Å². The SMILES string of the molecule is Cc1cccc(NC(=O)[C@@H](C)Oc2ccc(Cl)cc2[N+](=O)[O-])c1. The third-order valence-electron chi connectivity index (χ3n) is 3.08. The number of nitrogens with zero attached hydrogens (tertiary/aromatic N) is 1. The summed E-state index contributed by atoms with van der Waals surface area (Å²) >= 11 is 5.74. The fourth-order valence-corrected chi connectivity index (χ4v) is 2.11. The first kappa shape index (κ1) is 16.8. The Balaban J connectivity index is 2.11. The van der Waals surface area contributed by atoms with Gasteiger partial charge in [0.15, 0.2) is 11.9 Å². The van der Waals surface area contributed by atoms with E-state index in [2.05, 4.69) is 5.32 Å². The molecule has 0 aliphatic rings. The van der Waals surface area contributed by atoms with Crippen molar-refractivity contribution in [2.24, 2.45) is 0 Å². The van der Waals surface area contributed by atoms with Crippen molar-refractivity contribution in [3.63, 3.8) is 0 Å². The maximum absolute atomic E-state index is 12.1. The highest BCUT2D eigenvalue weighted by Crippen LogP contribution is 2.30. The van der Waals surface area contributed by atoms with Crippen LogP contribution in [0.3, 0.4) is 0 Å². The maximum atomic E-state index is 12.1. The quantitative estimate of drug-likeness (QED) is 0.662. The summed E-state index contributed by atoms with van der Waals surface area (Å²) in [6.45, 7) is 3.43. The van der Waals surface area contributed by atoms with E-state index >= 15 is 0 Å². The average molecular weight is 335 g/mol. The number of carbonyl (C=O) groups is 1. The number of aryl methyl sites for hydroxylation is 1. The van der Waals surface area contributed by atoms with Crippen LogP contribution in [-0.2, 0) is 4.79 Å². The van der Waals surface area contributed by atoms with Gasteiger partial charge in [0.05, 0.1) is 4.92 Å². The van der Waals surface area contributed by atoms with Gasteiger partial charge in [0.1, 0.15) is 0 Å². The topological polar surface area (TPSA) is 81.5 Å². The molecule has 0 saturated carbocycles. The second-order valence-corrected chi connectivity index (χ2v) is 5.42. The molecule has 0 spiro atoms. The number of anilines is 1. The van der Waals surface area contributed by atoms with Gasteiger partial charge in [-0.2, -0.15) is 0 Å². The first-order valence-electron chi connectivity index (χ1n) is 6.85. The number of hydrogen-bond acceptors (Lipinski definition) is 4. The molecular weight excluding hydrogens is 320 g/mol. The summed E-state index contributed by atoms with van der Waals surface area (Å²) in [5.41, 5.74) is 1.36. The zero-order valence-corrected chi connectivity index (χ0v) is 13.3. The van der Waals surface area contributed by atoms with Crippen molar-refractivity contribution >= 4 is 28.9 Å². The molecule has 2 aromatic carbocycles. The molecule has 0 aliphatic heterocycles. The maximum Gasteiger partial charge on any atom is 0.312 e. The molecule has 1 N–H and O–H groups in total. The number of rotatable bonds is 5. The number of nitro groups is 1. The highest BCUT2D eigenvalue weighted by atomic mass is 35.5. The van der Waals surface area contributed by atoms with Gasteiger partial charge in [-0.25, -0.2) is 0 Å². The zero-order chi connectivity index (χ0) is 17.0. The predicted octanol–water partition coefficient (Wildman–Crippen LogP) is 3.96. The molecule has 6 nitrogen and oxygen atoms in total. The number of carbonyl (C=O) groups excluding carboxylic acids is 1. The summed E-state index contributed by atoms with van der Waals surface area (Å²) in [6.07, 6.45) is -0.907. The van der Waals surface area contributed by atoms with Gasteiger partial charge in [0.2, 0.25) is 0 Å². The summed E-state index contributed by atoms with van der Waals surface area (Å²) < 4.78 is 5.41. The Labute approximate surface area is 138 Å². The molecule has 0 unspecified atom stereocenters. The van der Waals surface area contributed by atoms with Gasteiger partial charge in [-0.3, -0.25) is 14.9 Å². The number of ether oxygens (including phenoxy) is 1. The Bertz CT molecular complexity index is 749. The number of nitrogens with one attached hydrogen (secondary N) is 1. The van der Waals surface area contributed by atoms with Crippen LogP contribution in [0.1, 0.15) is 12.5 Å².